The van der Waals surface area contributed by atoms with Crippen molar-refractivity contribution in [1.29, 1.82) is 0 Å². The fourth-order valence-corrected chi connectivity index (χ4v) is 3.11. The van der Waals surface area contributed by atoms with E-state index in [-0.39, 0.29) is 11.9 Å². The number of benzene rings is 3. The van der Waals surface area contributed by atoms with Crippen molar-refractivity contribution in [1.82, 2.24) is 4.90 Å². The van der Waals surface area contributed by atoms with Gasteiger partial charge in [-0.25, -0.2) is 0 Å². The molecule has 1 amide bonds. The third-order valence-corrected chi connectivity index (χ3v) is 4.59. The van der Waals surface area contributed by atoms with Crippen molar-refractivity contribution in [2.75, 3.05) is 21.3 Å². The second-order valence-corrected chi connectivity index (χ2v) is 6.23. The summed E-state index contributed by atoms with van der Waals surface area (Å²) < 4.78 is 10.5. The summed E-state index contributed by atoms with van der Waals surface area (Å²) in [7, 11) is 5.11. The van der Waals surface area contributed by atoms with Gasteiger partial charge in [0.1, 0.15) is 11.5 Å². The van der Waals surface area contributed by atoms with Gasteiger partial charge in [0.2, 0.25) is 0 Å². The maximum absolute atomic E-state index is 13.1. The highest BCUT2D eigenvalue weighted by Gasteiger charge is 2.24. The molecule has 3 aromatic rings. The van der Waals surface area contributed by atoms with Crippen LogP contribution in [0.2, 0.25) is 0 Å². The minimum atomic E-state index is -0.227. The monoisotopic (exact) mass is 361 g/mol. The number of nitrogens with zero attached hydrogens (tertiary/aromatic N) is 1. The summed E-state index contributed by atoms with van der Waals surface area (Å²) in [5.41, 5.74) is 2.67. The van der Waals surface area contributed by atoms with Crippen molar-refractivity contribution in [2.45, 2.75) is 6.04 Å². The molecule has 0 unspecified atom stereocenters. The lowest BCUT2D eigenvalue weighted by Gasteiger charge is -2.29. The molecule has 3 rings (SSSR count). The normalized spacial score (nSPS) is 10.5. The molecule has 0 spiro atoms. The van der Waals surface area contributed by atoms with Crippen LogP contribution in [0, 0.1) is 0 Å². The van der Waals surface area contributed by atoms with E-state index in [1.165, 1.54) is 0 Å². The molecule has 0 aliphatic carbocycles. The van der Waals surface area contributed by atoms with Crippen molar-refractivity contribution < 1.29 is 14.3 Å². The molecule has 0 aliphatic rings. The molecular formula is C23H23NO3. The van der Waals surface area contributed by atoms with E-state index in [4.69, 9.17) is 9.47 Å². The van der Waals surface area contributed by atoms with E-state index >= 15 is 0 Å². The molecule has 138 valence electrons. The van der Waals surface area contributed by atoms with E-state index in [2.05, 4.69) is 0 Å². The molecule has 0 N–H and O–H groups in total. The van der Waals surface area contributed by atoms with Crippen molar-refractivity contribution >= 4 is 5.91 Å². The van der Waals surface area contributed by atoms with Gasteiger partial charge in [-0.1, -0.05) is 42.5 Å². The van der Waals surface area contributed by atoms with E-state index in [9.17, 15) is 4.79 Å². The van der Waals surface area contributed by atoms with Gasteiger partial charge in [-0.2, -0.15) is 0 Å². The van der Waals surface area contributed by atoms with Gasteiger partial charge >= 0.3 is 0 Å². The smallest absolute Gasteiger partial charge is 0.254 e. The van der Waals surface area contributed by atoms with Crippen LogP contribution in [-0.4, -0.2) is 32.1 Å². The van der Waals surface area contributed by atoms with Crippen LogP contribution in [-0.2, 0) is 0 Å². The Hall–Kier alpha value is -3.27. The second-order valence-electron chi connectivity index (χ2n) is 6.23. The third-order valence-electron chi connectivity index (χ3n) is 4.59. The fraction of sp³-hybridized carbons (Fsp3) is 0.174. The number of carbonyl (C=O) groups is 1. The van der Waals surface area contributed by atoms with Gasteiger partial charge in [-0.3, -0.25) is 4.79 Å². The number of methoxy groups -OCH3 is 2. The highest BCUT2D eigenvalue weighted by molar-refractivity contribution is 5.94. The lowest BCUT2D eigenvalue weighted by Crippen LogP contribution is -2.32. The quantitative estimate of drug-likeness (QED) is 0.646. The number of carbonyl (C=O) groups excluding carboxylic acids is 1. The fourth-order valence-electron chi connectivity index (χ4n) is 3.11. The van der Waals surface area contributed by atoms with Crippen LogP contribution in [0.5, 0.6) is 11.5 Å². The Morgan fingerprint density at radius 3 is 1.59 bits per heavy atom. The van der Waals surface area contributed by atoms with Gasteiger partial charge in [0.05, 0.1) is 20.3 Å². The van der Waals surface area contributed by atoms with Gasteiger partial charge in [-0.05, 0) is 47.5 Å². The lowest BCUT2D eigenvalue weighted by molar-refractivity contribution is 0.0755. The molecule has 3 aromatic carbocycles. The zero-order chi connectivity index (χ0) is 19.2. The zero-order valence-electron chi connectivity index (χ0n) is 15.8. The largest absolute Gasteiger partial charge is 0.497 e. The van der Waals surface area contributed by atoms with E-state index in [1.807, 2.05) is 85.9 Å². The Kier molecular flexibility index (Phi) is 5.77. The molecule has 0 saturated carbocycles. The summed E-state index contributed by atoms with van der Waals surface area (Å²) in [6.07, 6.45) is 0. The first-order valence-electron chi connectivity index (χ1n) is 8.74. The van der Waals surface area contributed by atoms with Crippen molar-refractivity contribution in [3.05, 3.63) is 95.6 Å². The van der Waals surface area contributed by atoms with Gasteiger partial charge < -0.3 is 14.4 Å². The topological polar surface area (TPSA) is 38.8 Å². The Balaban J connectivity index is 2.01. The number of hydrogen-bond donors (Lipinski definition) is 0. The number of amides is 1. The first kappa shape index (κ1) is 18.5. The molecule has 0 fully saturated rings. The predicted octanol–water partition coefficient (Wildman–Crippen LogP) is 4.57. The van der Waals surface area contributed by atoms with E-state index < -0.39 is 0 Å². The number of hydrogen-bond acceptors (Lipinski definition) is 3. The number of rotatable bonds is 6. The van der Waals surface area contributed by atoms with Crippen LogP contribution in [0.3, 0.4) is 0 Å². The Bertz CT molecular complexity index is 826. The van der Waals surface area contributed by atoms with Crippen LogP contribution in [0.1, 0.15) is 27.5 Å². The molecule has 0 bridgehead atoms. The SMILES string of the molecule is COc1ccc(C(c2ccc(OC)cc2)N(C)C(=O)c2ccccc2)cc1. The Morgan fingerprint density at radius 2 is 1.19 bits per heavy atom. The third kappa shape index (κ3) is 4.11. The molecule has 0 aromatic heterocycles. The average Bonchev–Trinajstić information content (AvgIpc) is 2.75. The predicted molar refractivity (Wildman–Crippen MR) is 106 cm³/mol. The number of ether oxygens (including phenoxy) is 2. The van der Waals surface area contributed by atoms with Crippen LogP contribution < -0.4 is 9.47 Å². The first-order valence-corrected chi connectivity index (χ1v) is 8.74. The summed E-state index contributed by atoms with van der Waals surface area (Å²) in [4.78, 5) is 14.8. The van der Waals surface area contributed by atoms with Crippen molar-refractivity contribution in [3.8, 4) is 11.5 Å². The molecule has 0 atom stereocenters. The van der Waals surface area contributed by atoms with Crippen LogP contribution in [0.25, 0.3) is 0 Å². The lowest BCUT2D eigenvalue weighted by atomic mass is 9.96. The summed E-state index contributed by atoms with van der Waals surface area (Å²) in [5, 5.41) is 0. The minimum absolute atomic E-state index is 0.0350. The zero-order valence-corrected chi connectivity index (χ0v) is 15.8. The van der Waals surface area contributed by atoms with E-state index in [1.54, 1.807) is 19.1 Å². The van der Waals surface area contributed by atoms with Gasteiger partial charge in [0.15, 0.2) is 0 Å². The highest BCUT2D eigenvalue weighted by atomic mass is 16.5. The Labute approximate surface area is 160 Å². The second kappa shape index (κ2) is 8.41. The summed E-state index contributed by atoms with van der Waals surface area (Å²) in [6.45, 7) is 0. The average molecular weight is 361 g/mol. The maximum Gasteiger partial charge on any atom is 0.254 e. The van der Waals surface area contributed by atoms with E-state index in [0.717, 1.165) is 22.6 Å². The van der Waals surface area contributed by atoms with Gasteiger partial charge in [-0.15, -0.1) is 0 Å². The molecule has 4 nitrogen and oxygen atoms in total. The summed E-state index contributed by atoms with van der Waals surface area (Å²) in [6, 6.07) is 24.7. The van der Waals surface area contributed by atoms with Gasteiger partial charge in [0, 0.05) is 12.6 Å². The molecule has 0 saturated heterocycles. The van der Waals surface area contributed by atoms with Crippen LogP contribution in [0.4, 0.5) is 0 Å². The van der Waals surface area contributed by atoms with Crippen LogP contribution >= 0.6 is 0 Å². The highest BCUT2D eigenvalue weighted by Crippen LogP contribution is 2.31. The van der Waals surface area contributed by atoms with Crippen molar-refractivity contribution in [3.63, 3.8) is 0 Å². The van der Waals surface area contributed by atoms with Crippen molar-refractivity contribution in [2.24, 2.45) is 0 Å². The molecule has 4 heteroatoms. The molecule has 27 heavy (non-hydrogen) atoms. The maximum atomic E-state index is 13.1. The minimum Gasteiger partial charge on any atom is -0.497 e. The molecule has 0 aliphatic heterocycles. The van der Waals surface area contributed by atoms with E-state index in [0.29, 0.717) is 5.56 Å². The summed E-state index contributed by atoms with van der Waals surface area (Å²) >= 11 is 0. The summed E-state index contributed by atoms with van der Waals surface area (Å²) in [5.74, 6) is 1.53. The van der Waals surface area contributed by atoms with Crippen LogP contribution in [0.15, 0.2) is 78.9 Å². The molecular weight excluding hydrogens is 338 g/mol. The first-order chi connectivity index (χ1) is 13.1. The molecule has 0 radical (unpaired) electrons. The Morgan fingerprint density at radius 1 is 0.741 bits per heavy atom. The molecule has 0 heterocycles. The van der Waals surface area contributed by atoms with Gasteiger partial charge in [0.25, 0.3) is 5.91 Å². The standard InChI is InChI=1S/C23H23NO3/c1-24(23(25)19-7-5-4-6-8-19)22(17-9-13-20(26-2)14-10-17)18-11-15-21(27-3)16-12-18/h4-16,22H,1-3H3.